The summed E-state index contributed by atoms with van der Waals surface area (Å²) < 4.78 is 0. The molecule has 0 saturated carbocycles. The number of aliphatic hydroxyl groups excluding tert-OH is 1. The van der Waals surface area contributed by atoms with Gasteiger partial charge in [0, 0.05) is 29.5 Å². The average Bonchev–Trinajstić information content (AvgIpc) is 2.72. The van der Waals surface area contributed by atoms with Gasteiger partial charge in [-0.15, -0.1) is 0 Å². The maximum absolute atomic E-state index is 12.3. The molecule has 1 aliphatic heterocycles. The fourth-order valence-electron chi connectivity index (χ4n) is 2.45. The van der Waals surface area contributed by atoms with Gasteiger partial charge in [-0.25, -0.2) is 0 Å². The van der Waals surface area contributed by atoms with Gasteiger partial charge in [0.2, 0.25) is 5.91 Å². The summed E-state index contributed by atoms with van der Waals surface area (Å²) in [6, 6.07) is 7.13. The molecule has 2 N–H and O–H groups in total. The van der Waals surface area contributed by atoms with Gasteiger partial charge in [0.15, 0.2) is 0 Å². The molecule has 2 amide bonds. The Morgan fingerprint density at radius 2 is 2.05 bits per heavy atom. The predicted molar refractivity (Wildman–Crippen MR) is 80.4 cm³/mol. The van der Waals surface area contributed by atoms with Crippen molar-refractivity contribution in [1.29, 1.82) is 0 Å². The summed E-state index contributed by atoms with van der Waals surface area (Å²) >= 11 is 0. The number of hydrogen-bond acceptors (Lipinski definition) is 3. The second kappa shape index (κ2) is 6.54. The fraction of sp³-hybridized carbons (Fsp3) is 0.375. The Bertz CT molecular complexity index is 533. The monoisotopic (exact) mass is 288 g/mol. The number of benzene rings is 1. The number of amides is 2. The second-order valence-corrected chi connectivity index (χ2v) is 5.07. The van der Waals surface area contributed by atoms with Crippen molar-refractivity contribution >= 4 is 17.5 Å². The van der Waals surface area contributed by atoms with Crippen molar-refractivity contribution in [3.05, 3.63) is 42.0 Å². The average molecular weight is 288 g/mol. The fourth-order valence-corrected chi connectivity index (χ4v) is 2.45. The Morgan fingerprint density at radius 3 is 2.62 bits per heavy atom. The molecule has 1 heterocycles. The second-order valence-electron chi connectivity index (χ2n) is 5.07. The summed E-state index contributed by atoms with van der Waals surface area (Å²) in [4.78, 5) is 25.7. The molecule has 21 heavy (non-hydrogen) atoms. The number of nitrogens with zero attached hydrogens (tertiary/aromatic N) is 1. The Balaban J connectivity index is 2.03. The Morgan fingerprint density at radius 1 is 1.38 bits per heavy atom. The summed E-state index contributed by atoms with van der Waals surface area (Å²) in [6.45, 7) is 5.82. The molecule has 112 valence electrons. The van der Waals surface area contributed by atoms with E-state index >= 15 is 0 Å². The van der Waals surface area contributed by atoms with Crippen LogP contribution in [-0.2, 0) is 4.79 Å². The van der Waals surface area contributed by atoms with E-state index in [9.17, 15) is 9.59 Å². The minimum absolute atomic E-state index is 0.0274. The molecule has 0 fully saturated rings. The maximum Gasteiger partial charge on any atom is 0.259 e. The van der Waals surface area contributed by atoms with Crippen LogP contribution >= 0.6 is 0 Å². The number of carbonyl (C=O) groups is 2. The van der Waals surface area contributed by atoms with Gasteiger partial charge >= 0.3 is 0 Å². The lowest BCUT2D eigenvalue weighted by molar-refractivity contribution is -0.122. The van der Waals surface area contributed by atoms with Crippen LogP contribution in [0.4, 0.5) is 0 Å². The van der Waals surface area contributed by atoms with E-state index in [2.05, 4.69) is 11.9 Å². The van der Waals surface area contributed by atoms with E-state index in [4.69, 9.17) is 5.11 Å². The maximum atomic E-state index is 12.3. The third-order valence-corrected chi connectivity index (χ3v) is 3.68. The van der Waals surface area contributed by atoms with Crippen molar-refractivity contribution < 1.29 is 14.7 Å². The Hall–Kier alpha value is -2.14. The first-order valence-corrected chi connectivity index (χ1v) is 7.08. The smallest absolute Gasteiger partial charge is 0.259 e. The summed E-state index contributed by atoms with van der Waals surface area (Å²) in [5.74, 6) is -0.432. The van der Waals surface area contributed by atoms with Crippen LogP contribution in [-0.4, -0.2) is 41.0 Å². The predicted octanol–water partition coefficient (Wildman–Crippen LogP) is 1.39. The minimum Gasteiger partial charge on any atom is -0.396 e. The van der Waals surface area contributed by atoms with Crippen molar-refractivity contribution in [1.82, 2.24) is 10.2 Å². The number of fused-ring (bicyclic) bond motifs is 1. The molecular weight excluding hydrogens is 268 g/mol. The van der Waals surface area contributed by atoms with Crippen LogP contribution in [0.3, 0.4) is 0 Å². The third-order valence-electron chi connectivity index (χ3n) is 3.68. The standard InChI is InChI=1S/C16H20N2O3/c1-3-12(8-9-19)17-15(20)10-18-11(2)13-6-4-5-7-14(13)16(18)21/h4-7,12,19H,2-3,8-10H2,1H3,(H,17,20). The molecule has 0 aliphatic carbocycles. The lowest BCUT2D eigenvalue weighted by Crippen LogP contribution is -2.42. The van der Waals surface area contributed by atoms with Gasteiger partial charge in [0.05, 0.1) is 0 Å². The number of rotatable bonds is 6. The van der Waals surface area contributed by atoms with E-state index in [-0.39, 0.29) is 31.0 Å². The van der Waals surface area contributed by atoms with Gasteiger partial charge in [0.25, 0.3) is 5.91 Å². The molecule has 1 atom stereocenters. The number of hydrogen-bond donors (Lipinski definition) is 2. The molecule has 1 aromatic carbocycles. The van der Waals surface area contributed by atoms with Crippen molar-refractivity contribution in [2.24, 2.45) is 0 Å². The van der Waals surface area contributed by atoms with Crippen molar-refractivity contribution in [2.75, 3.05) is 13.2 Å². The lowest BCUT2D eigenvalue weighted by atomic mass is 10.1. The van der Waals surface area contributed by atoms with Gasteiger partial charge in [-0.3, -0.25) is 14.5 Å². The lowest BCUT2D eigenvalue weighted by Gasteiger charge is -2.20. The Kier molecular flexibility index (Phi) is 4.75. The molecule has 5 heteroatoms. The van der Waals surface area contributed by atoms with Crippen molar-refractivity contribution in [3.63, 3.8) is 0 Å². The molecule has 1 aromatic rings. The largest absolute Gasteiger partial charge is 0.396 e. The number of nitrogens with one attached hydrogen (secondary N) is 1. The first kappa shape index (κ1) is 15.3. The van der Waals surface area contributed by atoms with Gasteiger partial charge in [0.1, 0.15) is 6.54 Å². The molecule has 0 saturated heterocycles. The molecule has 2 rings (SSSR count). The highest BCUT2D eigenvalue weighted by Gasteiger charge is 2.32. The SMILES string of the molecule is C=C1c2ccccc2C(=O)N1CC(=O)NC(CC)CCO. The number of carbonyl (C=O) groups excluding carboxylic acids is 2. The highest BCUT2D eigenvalue weighted by Crippen LogP contribution is 2.30. The highest BCUT2D eigenvalue weighted by molar-refractivity contribution is 6.10. The molecule has 1 aliphatic rings. The van der Waals surface area contributed by atoms with E-state index in [0.717, 1.165) is 12.0 Å². The summed E-state index contributed by atoms with van der Waals surface area (Å²) in [6.07, 6.45) is 1.25. The topological polar surface area (TPSA) is 69.6 Å². The summed E-state index contributed by atoms with van der Waals surface area (Å²) in [7, 11) is 0. The molecule has 5 nitrogen and oxygen atoms in total. The van der Waals surface area contributed by atoms with Crippen molar-refractivity contribution in [3.8, 4) is 0 Å². The first-order valence-electron chi connectivity index (χ1n) is 7.08. The van der Waals surface area contributed by atoms with E-state index in [1.165, 1.54) is 4.90 Å². The zero-order valence-corrected chi connectivity index (χ0v) is 12.1. The summed E-state index contributed by atoms with van der Waals surface area (Å²) in [5.41, 5.74) is 1.91. The van der Waals surface area contributed by atoms with E-state index in [1.54, 1.807) is 12.1 Å². The van der Waals surface area contributed by atoms with Crippen LogP contribution in [0.5, 0.6) is 0 Å². The first-order chi connectivity index (χ1) is 10.1. The van der Waals surface area contributed by atoms with Crippen LogP contribution in [0.1, 0.15) is 35.7 Å². The highest BCUT2D eigenvalue weighted by atomic mass is 16.3. The molecular formula is C16H20N2O3. The summed E-state index contributed by atoms with van der Waals surface area (Å²) in [5, 5.41) is 11.8. The van der Waals surface area contributed by atoms with E-state index < -0.39 is 0 Å². The van der Waals surface area contributed by atoms with Gasteiger partial charge in [-0.1, -0.05) is 31.7 Å². The number of aliphatic hydroxyl groups is 1. The van der Waals surface area contributed by atoms with Crippen LogP contribution in [0.25, 0.3) is 5.70 Å². The normalized spacial score (nSPS) is 15.0. The van der Waals surface area contributed by atoms with Crippen LogP contribution in [0.15, 0.2) is 30.8 Å². The molecule has 1 unspecified atom stereocenters. The van der Waals surface area contributed by atoms with Gasteiger partial charge in [-0.2, -0.15) is 0 Å². The Labute approximate surface area is 124 Å². The van der Waals surface area contributed by atoms with E-state index in [1.807, 2.05) is 19.1 Å². The molecule has 0 aromatic heterocycles. The zero-order chi connectivity index (χ0) is 15.4. The zero-order valence-electron chi connectivity index (χ0n) is 12.1. The third kappa shape index (κ3) is 3.13. The molecule has 0 spiro atoms. The van der Waals surface area contributed by atoms with Gasteiger partial charge in [-0.05, 0) is 18.9 Å². The van der Waals surface area contributed by atoms with Crippen LogP contribution in [0.2, 0.25) is 0 Å². The van der Waals surface area contributed by atoms with Crippen molar-refractivity contribution in [2.45, 2.75) is 25.8 Å². The molecule has 0 bridgehead atoms. The minimum atomic E-state index is -0.238. The van der Waals surface area contributed by atoms with Gasteiger partial charge < -0.3 is 10.4 Å². The van der Waals surface area contributed by atoms with E-state index in [0.29, 0.717) is 17.7 Å². The van der Waals surface area contributed by atoms with Crippen LogP contribution < -0.4 is 5.32 Å². The quantitative estimate of drug-likeness (QED) is 0.831. The van der Waals surface area contributed by atoms with Crippen LogP contribution in [0, 0.1) is 0 Å². The molecule has 0 radical (unpaired) electrons.